The number of aromatic hydroxyl groups is 1. The molecule has 0 radical (unpaired) electrons. The first-order valence-electron chi connectivity index (χ1n) is 6.57. The summed E-state index contributed by atoms with van der Waals surface area (Å²) in [6, 6.07) is 9.18. The van der Waals surface area contributed by atoms with Crippen LogP contribution in [-0.2, 0) is 0 Å². The largest absolute Gasteiger partial charge is 0.502 e. The molecule has 124 valence electrons. The number of halogens is 1. The fourth-order valence-electron chi connectivity index (χ4n) is 1.90. The van der Waals surface area contributed by atoms with Gasteiger partial charge in [-0.2, -0.15) is 5.10 Å². The number of methoxy groups -OCH3 is 1. The van der Waals surface area contributed by atoms with Gasteiger partial charge in [-0.25, -0.2) is 5.43 Å². The Kier molecular flexibility index (Phi) is 5.48. The molecule has 2 aromatic rings. The number of nitrogens with zero attached hydrogens (tertiary/aromatic N) is 2. The van der Waals surface area contributed by atoms with Gasteiger partial charge in [0.15, 0.2) is 0 Å². The van der Waals surface area contributed by atoms with Gasteiger partial charge in [0.25, 0.3) is 5.91 Å². The zero-order valence-electron chi connectivity index (χ0n) is 12.4. The molecule has 0 aliphatic rings. The highest BCUT2D eigenvalue weighted by Gasteiger charge is 2.17. The number of carbonyl (C=O) groups excluding carboxylic acids is 1. The standard InChI is InChI=1S/C15H12BrN3O5/c1-24-13-5-3-2-4-11(13)15(21)18-17-8-9-6-10(16)7-12(14(9)20)19(22)23/h2-8,20H,1H3,(H,18,21)/b17-8+. The predicted octanol–water partition coefficient (Wildman–Crippen LogP) is 2.84. The number of hydrogen-bond donors (Lipinski definition) is 2. The van der Waals surface area contributed by atoms with Gasteiger partial charge in [-0.05, 0) is 18.2 Å². The molecule has 0 spiro atoms. The summed E-state index contributed by atoms with van der Waals surface area (Å²) < 4.78 is 5.47. The smallest absolute Gasteiger partial charge is 0.312 e. The van der Waals surface area contributed by atoms with E-state index in [4.69, 9.17) is 4.74 Å². The molecule has 0 aliphatic carbocycles. The number of nitrogens with one attached hydrogen (secondary N) is 1. The van der Waals surface area contributed by atoms with E-state index in [0.717, 1.165) is 6.21 Å². The van der Waals surface area contributed by atoms with Crippen LogP contribution >= 0.6 is 15.9 Å². The third-order valence-electron chi connectivity index (χ3n) is 3.00. The van der Waals surface area contributed by atoms with Gasteiger partial charge in [-0.1, -0.05) is 28.1 Å². The number of carbonyl (C=O) groups is 1. The SMILES string of the molecule is COc1ccccc1C(=O)N/N=C/c1cc(Br)cc([N+](=O)[O-])c1O. The molecule has 0 unspecified atom stereocenters. The van der Waals surface area contributed by atoms with Crippen LogP contribution in [0.25, 0.3) is 0 Å². The highest BCUT2D eigenvalue weighted by atomic mass is 79.9. The number of phenolic OH excluding ortho intramolecular Hbond substituents is 1. The molecule has 0 aliphatic heterocycles. The molecule has 2 rings (SSSR count). The lowest BCUT2D eigenvalue weighted by Crippen LogP contribution is -2.18. The summed E-state index contributed by atoms with van der Waals surface area (Å²) in [5.41, 5.74) is 2.16. The van der Waals surface area contributed by atoms with Crippen LogP contribution in [0.2, 0.25) is 0 Å². The molecule has 9 heteroatoms. The summed E-state index contributed by atoms with van der Waals surface area (Å²) in [5, 5.41) is 24.4. The monoisotopic (exact) mass is 393 g/mol. The number of hydrogen-bond acceptors (Lipinski definition) is 6. The highest BCUT2D eigenvalue weighted by molar-refractivity contribution is 9.10. The minimum Gasteiger partial charge on any atom is -0.502 e. The number of ether oxygens (including phenoxy) is 1. The van der Waals surface area contributed by atoms with Crippen molar-refractivity contribution in [3.63, 3.8) is 0 Å². The van der Waals surface area contributed by atoms with Gasteiger partial charge in [0.2, 0.25) is 5.75 Å². The molecule has 0 saturated carbocycles. The fraction of sp³-hybridized carbons (Fsp3) is 0.0667. The average molecular weight is 394 g/mol. The number of nitro benzene ring substituents is 1. The van der Waals surface area contributed by atoms with E-state index < -0.39 is 22.3 Å². The van der Waals surface area contributed by atoms with Gasteiger partial charge in [0, 0.05) is 16.1 Å². The third-order valence-corrected chi connectivity index (χ3v) is 3.46. The van der Waals surface area contributed by atoms with Gasteiger partial charge in [-0.15, -0.1) is 0 Å². The van der Waals surface area contributed by atoms with E-state index in [2.05, 4.69) is 26.5 Å². The maximum atomic E-state index is 12.1. The van der Waals surface area contributed by atoms with E-state index in [-0.39, 0.29) is 11.1 Å². The maximum absolute atomic E-state index is 12.1. The Balaban J connectivity index is 2.20. The van der Waals surface area contributed by atoms with Crippen LogP contribution in [0.1, 0.15) is 15.9 Å². The minimum absolute atomic E-state index is 0.0800. The Bertz CT molecular complexity index is 823. The van der Waals surface area contributed by atoms with Crippen molar-refractivity contribution in [2.45, 2.75) is 0 Å². The summed E-state index contributed by atoms with van der Waals surface area (Å²) in [5.74, 6) is -0.683. The molecule has 0 bridgehead atoms. The van der Waals surface area contributed by atoms with E-state index in [1.165, 1.54) is 19.2 Å². The van der Waals surface area contributed by atoms with Crippen LogP contribution in [0.5, 0.6) is 11.5 Å². The van der Waals surface area contributed by atoms with Crippen LogP contribution in [-0.4, -0.2) is 29.3 Å². The van der Waals surface area contributed by atoms with E-state index >= 15 is 0 Å². The molecular formula is C15H12BrN3O5. The zero-order valence-corrected chi connectivity index (χ0v) is 14.0. The molecule has 1 amide bonds. The second-order valence-electron chi connectivity index (χ2n) is 4.52. The first kappa shape index (κ1) is 17.4. The van der Waals surface area contributed by atoms with Gasteiger partial charge < -0.3 is 9.84 Å². The number of nitro groups is 1. The Morgan fingerprint density at radius 2 is 2.12 bits per heavy atom. The van der Waals surface area contributed by atoms with Gasteiger partial charge in [-0.3, -0.25) is 14.9 Å². The van der Waals surface area contributed by atoms with E-state index in [1.807, 2.05) is 0 Å². The molecular weight excluding hydrogens is 382 g/mol. The number of amides is 1. The highest BCUT2D eigenvalue weighted by Crippen LogP contribution is 2.32. The molecule has 0 fully saturated rings. The van der Waals surface area contributed by atoms with Crippen LogP contribution in [0.4, 0.5) is 5.69 Å². The molecule has 0 atom stereocenters. The summed E-state index contributed by atoms with van der Waals surface area (Å²) in [7, 11) is 1.44. The summed E-state index contributed by atoms with van der Waals surface area (Å²) in [6.07, 6.45) is 1.11. The lowest BCUT2D eigenvalue weighted by atomic mass is 10.2. The fourth-order valence-corrected chi connectivity index (χ4v) is 2.36. The van der Waals surface area contributed by atoms with Gasteiger partial charge in [0.05, 0.1) is 23.8 Å². The molecule has 2 aromatic carbocycles. The zero-order chi connectivity index (χ0) is 17.7. The van der Waals surface area contributed by atoms with Crippen molar-refractivity contribution in [2.24, 2.45) is 5.10 Å². The van der Waals surface area contributed by atoms with Crippen LogP contribution in [0, 0.1) is 10.1 Å². The first-order chi connectivity index (χ1) is 11.4. The normalized spacial score (nSPS) is 10.6. The van der Waals surface area contributed by atoms with Gasteiger partial charge in [0.1, 0.15) is 5.75 Å². The molecule has 0 aromatic heterocycles. The summed E-state index contributed by atoms with van der Waals surface area (Å²) >= 11 is 3.11. The quantitative estimate of drug-likeness (QED) is 0.460. The topological polar surface area (TPSA) is 114 Å². The molecule has 0 saturated heterocycles. The molecule has 0 heterocycles. The number of rotatable bonds is 5. The lowest BCUT2D eigenvalue weighted by Gasteiger charge is -2.06. The Morgan fingerprint density at radius 1 is 1.42 bits per heavy atom. The van der Waals surface area contributed by atoms with Crippen LogP contribution in [0.15, 0.2) is 46.0 Å². The average Bonchev–Trinajstić information content (AvgIpc) is 2.57. The van der Waals surface area contributed by atoms with Crippen molar-refractivity contribution < 1.29 is 19.6 Å². The molecule has 8 nitrogen and oxygen atoms in total. The minimum atomic E-state index is -0.717. The van der Waals surface area contributed by atoms with Crippen molar-refractivity contribution >= 4 is 33.7 Å². The van der Waals surface area contributed by atoms with Crippen molar-refractivity contribution in [1.82, 2.24) is 5.43 Å². The summed E-state index contributed by atoms with van der Waals surface area (Å²) in [6.45, 7) is 0. The number of para-hydroxylation sites is 1. The Hall–Kier alpha value is -2.94. The number of benzene rings is 2. The predicted molar refractivity (Wildman–Crippen MR) is 90.5 cm³/mol. The van der Waals surface area contributed by atoms with Crippen molar-refractivity contribution in [3.8, 4) is 11.5 Å². The first-order valence-corrected chi connectivity index (χ1v) is 7.36. The van der Waals surface area contributed by atoms with Crippen molar-refractivity contribution in [3.05, 3.63) is 62.1 Å². The second kappa shape index (κ2) is 7.55. The van der Waals surface area contributed by atoms with Crippen LogP contribution < -0.4 is 10.2 Å². The molecule has 24 heavy (non-hydrogen) atoms. The van der Waals surface area contributed by atoms with E-state index in [9.17, 15) is 20.0 Å². The lowest BCUT2D eigenvalue weighted by molar-refractivity contribution is -0.385. The van der Waals surface area contributed by atoms with Crippen molar-refractivity contribution in [2.75, 3.05) is 7.11 Å². The van der Waals surface area contributed by atoms with Gasteiger partial charge >= 0.3 is 5.69 Å². The van der Waals surface area contributed by atoms with Crippen molar-refractivity contribution in [1.29, 1.82) is 0 Å². The van der Waals surface area contributed by atoms with E-state index in [1.54, 1.807) is 24.3 Å². The second-order valence-corrected chi connectivity index (χ2v) is 5.43. The summed E-state index contributed by atoms with van der Waals surface area (Å²) in [4.78, 5) is 22.2. The Labute approximate surface area is 145 Å². The number of hydrazone groups is 1. The molecule has 2 N–H and O–H groups in total. The van der Waals surface area contributed by atoms with E-state index in [0.29, 0.717) is 10.2 Å². The maximum Gasteiger partial charge on any atom is 0.312 e. The van der Waals surface area contributed by atoms with Crippen LogP contribution in [0.3, 0.4) is 0 Å². The Morgan fingerprint density at radius 3 is 2.79 bits per heavy atom. The third kappa shape index (κ3) is 3.87. The number of phenols is 1.